The van der Waals surface area contributed by atoms with Gasteiger partial charge in [0.15, 0.2) is 5.16 Å². The van der Waals surface area contributed by atoms with Crippen molar-refractivity contribution < 1.29 is 4.79 Å². The van der Waals surface area contributed by atoms with Crippen LogP contribution in [0.4, 0.5) is 5.69 Å². The quantitative estimate of drug-likeness (QED) is 0.774. The van der Waals surface area contributed by atoms with Crippen LogP contribution in [-0.2, 0) is 17.8 Å². The SMILES string of the molecule is Cc1nc(SCC(=O)N2CCc3ccccc32)n(CC(C)C)c1C. The minimum absolute atomic E-state index is 0.166. The normalized spacial score (nSPS) is 13.6. The van der Waals surface area contributed by atoms with E-state index in [-0.39, 0.29) is 5.91 Å². The van der Waals surface area contributed by atoms with Crippen LogP contribution in [0, 0.1) is 19.8 Å². The van der Waals surface area contributed by atoms with Crippen molar-refractivity contribution in [1.82, 2.24) is 9.55 Å². The smallest absolute Gasteiger partial charge is 0.237 e. The summed E-state index contributed by atoms with van der Waals surface area (Å²) in [5.41, 5.74) is 4.59. The molecule has 1 aliphatic heterocycles. The zero-order valence-electron chi connectivity index (χ0n) is 14.9. The number of rotatable bonds is 5. The molecule has 5 heteroatoms. The van der Waals surface area contributed by atoms with Crippen LogP contribution in [0.15, 0.2) is 29.4 Å². The van der Waals surface area contributed by atoms with Crippen molar-refractivity contribution in [3.8, 4) is 0 Å². The third-order valence-corrected chi connectivity index (χ3v) is 5.44. The Kier molecular flexibility index (Phi) is 4.99. The highest BCUT2D eigenvalue weighted by molar-refractivity contribution is 7.99. The minimum Gasteiger partial charge on any atom is -0.323 e. The van der Waals surface area contributed by atoms with Crippen molar-refractivity contribution in [2.24, 2.45) is 5.92 Å². The van der Waals surface area contributed by atoms with Crippen molar-refractivity contribution in [2.75, 3.05) is 17.2 Å². The van der Waals surface area contributed by atoms with Crippen LogP contribution in [0.1, 0.15) is 30.8 Å². The third-order valence-electron chi connectivity index (χ3n) is 4.48. The standard InChI is InChI=1S/C19H25N3OS/c1-13(2)11-22-15(4)14(3)20-19(22)24-12-18(23)21-10-9-16-7-5-6-8-17(16)21/h5-8,13H,9-12H2,1-4H3. The monoisotopic (exact) mass is 343 g/mol. The highest BCUT2D eigenvalue weighted by atomic mass is 32.2. The Bertz CT molecular complexity index is 751. The van der Waals surface area contributed by atoms with Gasteiger partial charge in [-0.05, 0) is 37.8 Å². The first-order chi connectivity index (χ1) is 11.5. The van der Waals surface area contributed by atoms with E-state index in [9.17, 15) is 4.79 Å². The molecule has 0 radical (unpaired) electrons. The van der Waals surface area contributed by atoms with Crippen molar-refractivity contribution >= 4 is 23.4 Å². The number of aryl methyl sites for hydroxylation is 1. The molecule has 0 bridgehead atoms. The molecular formula is C19H25N3OS. The summed E-state index contributed by atoms with van der Waals surface area (Å²) in [6, 6.07) is 8.19. The first-order valence-electron chi connectivity index (χ1n) is 8.52. The number of amides is 1. The molecule has 0 fully saturated rings. The molecule has 1 aromatic heterocycles. The second-order valence-corrected chi connectivity index (χ2v) is 7.72. The number of thioether (sulfide) groups is 1. The number of carbonyl (C=O) groups excluding carboxylic acids is 1. The number of aromatic nitrogens is 2. The van der Waals surface area contributed by atoms with Gasteiger partial charge in [-0.1, -0.05) is 43.8 Å². The van der Waals surface area contributed by atoms with Gasteiger partial charge in [-0.2, -0.15) is 0 Å². The summed E-state index contributed by atoms with van der Waals surface area (Å²) in [5, 5.41) is 0.958. The lowest BCUT2D eigenvalue weighted by Gasteiger charge is -2.17. The molecule has 2 heterocycles. The van der Waals surface area contributed by atoms with Gasteiger partial charge < -0.3 is 9.47 Å². The maximum absolute atomic E-state index is 12.7. The molecule has 1 aliphatic rings. The van der Waals surface area contributed by atoms with Crippen LogP contribution < -0.4 is 4.90 Å². The number of fused-ring (bicyclic) bond motifs is 1. The van der Waals surface area contributed by atoms with Gasteiger partial charge in [0.1, 0.15) is 0 Å². The third kappa shape index (κ3) is 3.36. The van der Waals surface area contributed by atoms with E-state index in [0.717, 1.165) is 36.0 Å². The van der Waals surface area contributed by atoms with E-state index in [2.05, 4.69) is 36.4 Å². The Morgan fingerprint density at radius 3 is 2.79 bits per heavy atom. The van der Waals surface area contributed by atoms with E-state index in [4.69, 9.17) is 0 Å². The second-order valence-electron chi connectivity index (χ2n) is 6.78. The van der Waals surface area contributed by atoms with Crippen LogP contribution in [0.3, 0.4) is 0 Å². The number of benzene rings is 1. The van der Waals surface area contributed by atoms with E-state index in [1.54, 1.807) is 11.8 Å². The number of carbonyl (C=O) groups is 1. The van der Waals surface area contributed by atoms with E-state index < -0.39 is 0 Å². The lowest BCUT2D eigenvalue weighted by molar-refractivity contribution is -0.116. The molecule has 0 atom stereocenters. The van der Waals surface area contributed by atoms with Crippen LogP contribution >= 0.6 is 11.8 Å². The van der Waals surface area contributed by atoms with E-state index in [1.165, 1.54) is 11.3 Å². The molecule has 0 saturated heterocycles. The van der Waals surface area contributed by atoms with Crippen LogP contribution in [-0.4, -0.2) is 27.8 Å². The predicted molar refractivity (Wildman–Crippen MR) is 99.8 cm³/mol. The molecule has 24 heavy (non-hydrogen) atoms. The molecule has 0 spiro atoms. The number of nitrogens with zero attached hydrogens (tertiary/aromatic N) is 3. The Morgan fingerprint density at radius 1 is 1.29 bits per heavy atom. The molecule has 1 amide bonds. The van der Waals surface area contributed by atoms with E-state index >= 15 is 0 Å². The Morgan fingerprint density at radius 2 is 2.04 bits per heavy atom. The highest BCUT2D eigenvalue weighted by Gasteiger charge is 2.24. The average Bonchev–Trinajstić information content (AvgIpc) is 3.09. The fraction of sp³-hybridized carbons (Fsp3) is 0.474. The number of para-hydroxylation sites is 1. The van der Waals surface area contributed by atoms with Gasteiger partial charge in [-0.3, -0.25) is 4.79 Å². The lowest BCUT2D eigenvalue weighted by atomic mass is 10.2. The fourth-order valence-electron chi connectivity index (χ4n) is 3.12. The molecule has 2 aromatic rings. The number of hydrogen-bond acceptors (Lipinski definition) is 3. The summed E-state index contributed by atoms with van der Waals surface area (Å²) in [6.45, 7) is 10.3. The van der Waals surface area contributed by atoms with Gasteiger partial charge in [0.2, 0.25) is 5.91 Å². The topological polar surface area (TPSA) is 38.1 Å². The zero-order chi connectivity index (χ0) is 17.3. The van der Waals surface area contributed by atoms with Gasteiger partial charge in [0.25, 0.3) is 0 Å². The first-order valence-corrected chi connectivity index (χ1v) is 9.50. The molecular weight excluding hydrogens is 318 g/mol. The van der Waals surface area contributed by atoms with Crippen LogP contribution in [0.2, 0.25) is 0 Å². The maximum atomic E-state index is 12.7. The summed E-state index contributed by atoms with van der Waals surface area (Å²) in [4.78, 5) is 19.3. The summed E-state index contributed by atoms with van der Waals surface area (Å²) in [7, 11) is 0. The maximum Gasteiger partial charge on any atom is 0.237 e. The molecule has 3 rings (SSSR count). The summed E-state index contributed by atoms with van der Waals surface area (Å²) < 4.78 is 2.25. The Labute approximate surface area is 148 Å². The van der Waals surface area contributed by atoms with E-state index in [1.807, 2.05) is 30.0 Å². The molecule has 1 aromatic carbocycles. The van der Waals surface area contributed by atoms with Crippen LogP contribution in [0.5, 0.6) is 0 Å². The van der Waals surface area contributed by atoms with Crippen molar-refractivity contribution in [1.29, 1.82) is 0 Å². The van der Waals surface area contributed by atoms with Crippen molar-refractivity contribution in [2.45, 2.75) is 45.8 Å². The Balaban J connectivity index is 1.70. The van der Waals surface area contributed by atoms with Gasteiger partial charge in [0, 0.05) is 24.5 Å². The molecule has 0 saturated carbocycles. The first kappa shape index (κ1) is 17.1. The Hall–Kier alpha value is -1.75. The fourth-order valence-corrected chi connectivity index (χ4v) is 4.09. The van der Waals surface area contributed by atoms with Crippen LogP contribution in [0.25, 0.3) is 0 Å². The largest absolute Gasteiger partial charge is 0.323 e. The number of imidazole rings is 1. The average molecular weight is 343 g/mol. The lowest BCUT2D eigenvalue weighted by Crippen LogP contribution is -2.30. The number of anilines is 1. The van der Waals surface area contributed by atoms with E-state index in [0.29, 0.717) is 11.7 Å². The molecule has 128 valence electrons. The summed E-state index contributed by atoms with van der Waals surface area (Å²) >= 11 is 1.55. The van der Waals surface area contributed by atoms with Gasteiger partial charge in [-0.15, -0.1) is 0 Å². The predicted octanol–water partition coefficient (Wildman–Crippen LogP) is 3.84. The molecule has 0 N–H and O–H groups in total. The van der Waals surface area contributed by atoms with Crippen molar-refractivity contribution in [3.05, 3.63) is 41.2 Å². The molecule has 4 nitrogen and oxygen atoms in total. The zero-order valence-corrected chi connectivity index (χ0v) is 15.7. The van der Waals surface area contributed by atoms with Crippen molar-refractivity contribution in [3.63, 3.8) is 0 Å². The van der Waals surface area contributed by atoms with Gasteiger partial charge in [0.05, 0.1) is 11.4 Å². The summed E-state index contributed by atoms with van der Waals surface area (Å²) in [5.74, 6) is 1.15. The highest BCUT2D eigenvalue weighted by Crippen LogP contribution is 2.29. The minimum atomic E-state index is 0.166. The van der Waals surface area contributed by atoms with Gasteiger partial charge in [-0.25, -0.2) is 4.98 Å². The molecule has 0 unspecified atom stereocenters. The summed E-state index contributed by atoms with van der Waals surface area (Å²) in [6.07, 6.45) is 0.951. The second kappa shape index (κ2) is 7.01. The molecule has 0 aliphatic carbocycles. The number of hydrogen-bond donors (Lipinski definition) is 0. The van der Waals surface area contributed by atoms with Gasteiger partial charge >= 0.3 is 0 Å².